The van der Waals surface area contributed by atoms with Gasteiger partial charge < -0.3 is 9.80 Å². The van der Waals surface area contributed by atoms with Crippen molar-refractivity contribution in [3.8, 4) is 17.1 Å². The quantitative estimate of drug-likeness (QED) is 0.682. The Morgan fingerprint density at radius 3 is 2.72 bits per heavy atom. The Labute approximate surface area is 168 Å². The molecule has 1 fully saturated rings. The number of pyridine rings is 2. The summed E-state index contributed by atoms with van der Waals surface area (Å²) < 4.78 is 1.67. The second-order valence-electron chi connectivity index (χ2n) is 7.31. The molecule has 0 unspecified atom stereocenters. The van der Waals surface area contributed by atoms with Gasteiger partial charge in [-0.1, -0.05) is 6.07 Å². The van der Waals surface area contributed by atoms with Crippen molar-refractivity contribution in [2.75, 3.05) is 20.1 Å². The Morgan fingerprint density at radius 2 is 2.03 bits per heavy atom. The molecule has 1 aliphatic rings. The molecule has 1 atom stereocenters. The van der Waals surface area contributed by atoms with Gasteiger partial charge in [-0.2, -0.15) is 5.10 Å². The molecule has 29 heavy (non-hydrogen) atoms. The summed E-state index contributed by atoms with van der Waals surface area (Å²) in [7, 11) is 1.75. The molecule has 0 spiro atoms. The molecular weight excluding hydrogens is 368 g/mol. The topological polar surface area (TPSA) is 84.2 Å². The van der Waals surface area contributed by atoms with E-state index >= 15 is 0 Å². The Balaban J connectivity index is 1.76. The van der Waals surface area contributed by atoms with Crippen molar-refractivity contribution in [1.82, 2.24) is 29.5 Å². The van der Waals surface area contributed by atoms with E-state index in [0.29, 0.717) is 17.9 Å². The van der Waals surface area contributed by atoms with Crippen LogP contribution in [0.4, 0.5) is 0 Å². The van der Waals surface area contributed by atoms with Gasteiger partial charge in [0.05, 0.1) is 23.3 Å². The smallest absolute Gasteiger partial charge is 0.275 e. The van der Waals surface area contributed by atoms with Crippen molar-refractivity contribution in [2.45, 2.75) is 19.9 Å². The Bertz CT molecular complexity index is 1040. The van der Waals surface area contributed by atoms with Gasteiger partial charge in [0.25, 0.3) is 5.91 Å². The van der Waals surface area contributed by atoms with Crippen molar-refractivity contribution in [2.24, 2.45) is 0 Å². The van der Waals surface area contributed by atoms with Crippen molar-refractivity contribution < 1.29 is 9.59 Å². The average molecular weight is 390 g/mol. The van der Waals surface area contributed by atoms with Crippen LogP contribution in [0.5, 0.6) is 0 Å². The molecular formula is C21H22N6O2. The summed E-state index contributed by atoms with van der Waals surface area (Å²) in [6.45, 7) is 4.45. The highest BCUT2D eigenvalue weighted by Gasteiger charge is 2.33. The molecule has 0 aliphatic carbocycles. The number of carbonyl (C=O) groups excluding carboxylic acids is 2. The summed E-state index contributed by atoms with van der Waals surface area (Å²) in [5, 5.41) is 4.55. The largest absolute Gasteiger partial charge is 0.342 e. The zero-order valence-electron chi connectivity index (χ0n) is 16.6. The van der Waals surface area contributed by atoms with Crippen molar-refractivity contribution in [1.29, 1.82) is 0 Å². The minimum atomic E-state index is -0.269. The van der Waals surface area contributed by atoms with E-state index in [9.17, 15) is 9.59 Å². The fraction of sp³-hybridized carbons (Fsp3) is 0.286. The van der Waals surface area contributed by atoms with Gasteiger partial charge in [-0.25, -0.2) is 4.68 Å². The number of nitrogens with zero attached hydrogens (tertiary/aromatic N) is 6. The Morgan fingerprint density at radius 1 is 1.21 bits per heavy atom. The van der Waals surface area contributed by atoms with E-state index in [1.54, 1.807) is 46.2 Å². The van der Waals surface area contributed by atoms with Crippen LogP contribution in [0.25, 0.3) is 17.1 Å². The summed E-state index contributed by atoms with van der Waals surface area (Å²) in [4.78, 5) is 37.2. The second kappa shape index (κ2) is 7.46. The fourth-order valence-corrected chi connectivity index (χ4v) is 3.40. The number of aromatic nitrogens is 4. The van der Waals surface area contributed by atoms with E-state index in [4.69, 9.17) is 0 Å². The number of carbonyl (C=O) groups is 2. The number of rotatable bonds is 3. The first-order chi connectivity index (χ1) is 13.9. The first-order valence-electron chi connectivity index (χ1n) is 9.42. The summed E-state index contributed by atoms with van der Waals surface area (Å²) in [5.74, 6) is -0.349. The van der Waals surface area contributed by atoms with Crippen molar-refractivity contribution in [3.63, 3.8) is 0 Å². The van der Waals surface area contributed by atoms with Gasteiger partial charge in [-0.15, -0.1) is 0 Å². The van der Waals surface area contributed by atoms with Crippen LogP contribution in [0.15, 0.2) is 48.9 Å². The van der Waals surface area contributed by atoms with Gasteiger partial charge in [0.15, 0.2) is 5.69 Å². The molecule has 0 radical (unpaired) electrons. The molecule has 3 aromatic heterocycles. The van der Waals surface area contributed by atoms with Gasteiger partial charge in [0, 0.05) is 32.0 Å². The fourth-order valence-electron chi connectivity index (χ4n) is 3.40. The molecule has 3 aromatic rings. The number of aryl methyl sites for hydroxylation is 1. The number of likely N-dealkylation sites (N-methyl/N-ethyl adjacent to an activating group) is 1. The van der Waals surface area contributed by atoms with Gasteiger partial charge in [-0.3, -0.25) is 19.6 Å². The number of hydrogen-bond donors (Lipinski definition) is 0. The third-order valence-corrected chi connectivity index (χ3v) is 5.06. The van der Waals surface area contributed by atoms with Gasteiger partial charge in [0.2, 0.25) is 5.91 Å². The van der Waals surface area contributed by atoms with Gasteiger partial charge >= 0.3 is 0 Å². The number of hydrogen-bond acceptors (Lipinski definition) is 5. The van der Waals surface area contributed by atoms with Crippen LogP contribution in [0.2, 0.25) is 0 Å². The molecule has 2 amide bonds. The van der Waals surface area contributed by atoms with Crippen LogP contribution in [-0.4, -0.2) is 67.5 Å². The van der Waals surface area contributed by atoms with Gasteiger partial charge in [0.1, 0.15) is 6.54 Å². The lowest BCUT2D eigenvalue weighted by molar-refractivity contribution is -0.135. The van der Waals surface area contributed by atoms with E-state index < -0.39 is 0 Å². The normalized spacial score (nSPS) is 16.9. The highest BCUT2D eigenvalue weighted by Crippen LogP contribution is 2.24. The van der Waals surface area contributed by atoms with Crippen LogP contribution in [-0.2, 0) is 4.79 Å². The SMILES string of the molecule is Cc1ccc(-c2cc(C(=O)N3CC(=O)N(C)C[C@@H]3C)nn2-c2cccnc2)nc1. The monoisotopic (exact) mass is 390 g/mol. The maximum absolute atomic E-state index is 13.2. The zero-order chi connectivity index (χ0) is 20.5. The summed E-state index contributed by atoms with van der Waals surface area (Å²) in [6.07, 6.45) is 5.14. The van der Waals surface area contributed by atoms with Crippen LogP contribution in [0.1, 0.15) is 23.0 Å². The molecule has 1 aliphatic heterocycles. The average Bonchev–Trinajstić information content (AvgIpc) is 3.17. The summed E-state index contributed by atoms with van der Waals surface area (Å²) >= 11 is 0. The minimum absolute atomic E-state index is 0.0500. The van der Waals surface area contributed by atoms with Crippen molar-refractivity contribution in [3.05, 3.63) is 60.2 Å². The lowest BCUT2D eigenvalue weighted by Crippen LogP contribution is -2.55. The number of piperazine rings is 1. The lowest BCUT2D eigenvalue weighted by atomic mass is 10.1. The zero-order valence-corrected chi connectivity index (χ0v) is 16.6. The predicted molar refractivity (Wildman–Crippen MR) is 107 cm³/mol. The van der Waals surface area contributed by atoms with Gasteiger partial charge in [-0.05, 0) is 43.7 Å². The first kappa shape index (κ1) is 18.8. The molecule has 8 heteroatoms. The Hall–Kier alpha value is -3.55. The molecule has 0 N–H and O–H groups in total. The summed E-state index contributed by atoms with van der Waals surface area (Å²) in [6, 6.07) is 9.18. The molecule has 0 saturated carbocycles. The molecule has 1 saturated heterocycles. The highest BCUT2D eigenvalue weighted by atomic mass is 16.2. The van der Waals surface area contributed by atoms with Crippen LogP contribution < -0.4 is 0 Å². The standard InChI is InChI=1S/C21H22N6O2/c1-14-6-7-17(23-10-14)19-9-18(24-27(19)16-5-4-8-22-11-16)21(29)26-13-20(28)25(3)12-15(26)2/h4-11,15H,12-13H2,1-3H3/t15-/m0/s1. The van der Waals surface area contributed by atoms with Crippen LogP contribution in [0.3, 0.4) is 0 Å². The second-order valence-corrected chi connectivity index (χ2v) is 7.31. The van der Waals surface area contributed by atoms with E-state index in [2.05, 4.69) is 15.1 Å². The van der Waals surface area contributed by atoms with E-state index in [0.717, 1.165) is 11.3 Å². The minimum Gasteiger partial charge on any atom is -0.342 e. The molecule has 148 valence electrons. The maximum atomic E-state index is 13.2. The van der Waals surface area contributed by atoms with E-state index in [1.807, 2.05) is 38.1 Å². The van der Waals surface area contributed by atoms with E-state index in [-0.39, 0.29) is 30.1 Å². The first-order valence-corrected chi connectivity index (χ1v) is 9.42. The van der Waals surface area contributed by atoms with Crippen molar-refractivity contribution >= 4 is 11.8 Å². The third kappa shape index (κ3) is 3.61. The predicted octanol–water partition coefficient (Wildman–Crippen LogP) is 1.94. The lowest BCUT2D eigenvalue weighted by Gasteiger charge is -2.37. The molecule has 8 nitrogen and oxygen atoms in total. The molecule has 4 rings (SSSR count). The third-order valence-electron chi connectivity index (χ3n) is 5.06. The molecule has 0 bridgehead atoms. The summed E-state index contributed by atoms with van der Waals surface area (Å²) in [5.41, 5.74) is 3.44. The Kier molecular flexibility index (Phi) is 4.84. The van der Waals surface area contributed by atoms with E-state index in [1.165, 1.54) is 0 Å². The molecule has 4 heterocycles. The maximum Gasteiger partial charge on any atom is 0.275 e. The highest BCUT2D eigenvalue weighted by molar-refractivity contribution is 5.96. The molecule has 0 aromatic carbocycles. The number of amides is 2. The van der Waals surface area contributed by atoms with Crippen LogP contribution in [0, 0.1) is 6.92 Å². The van der Waals surface area contributed by atoms with Crippen LogP contribution >= 0.6 is 0 Å².